The number of carboxylic acid groups (broad SMARTS) is 1. The minimum atomic E-state index is -0.914. The summed E-state index contributed by atoms with van der Waals surface area (Å²) in [6.07, 6.45) is 2.21. The summed E-state index contributed by atoms with van der Waals surface area (Å²) in [5, 5.41) is 11.7. The lowest BCUT2D eigenvalue weighted by atomic mass is 9.74. The number of carbonyl (C=O) groups excluding carboxylic acids is 1. The Morgan fingerprint density at radius 2 is 2.14 bits per heavy atom. The summed E-state index contributed by atoms with van der Waals surface area (Å²) in [4.78, 5) is 24.5. The van der Waals surface area contributed by atoms with Crippen molar-refractivity contribution in [3.05, 3.63) is 35.6 Å². The van der Waals surface area contributed by atoms with Crippen LogP contribution in [0.25, 0.3) is 0 Å². The van der Waals surface area contributed by atoms with Crippen molar-refractivity contribution in [2.24, 2.45) is 0 Å². The molecule has 2 amide bonds. The Morgan fingerprint density at radius 3 is 2.67 bits per heavy atom. The van der Waals surface area contributed by atoms with E-state index in [4.69, 9.17) is 5.11 Å². The van der Waals surface area contributed by atoms with Crippen LogP contribution in [0.1, 0.15) is 31.2 Å². The van der Waals surface area contributed by atoms with E-state index < -0.39 is 11.5 Å². The van der Waals surface area contributed by atoms with Crippen LogP contribution in [0.5, 0.6) is 0 Å². The Balaban J connectivity index is 1.94. The quantitative estimate of drug-likeness (QED) is 0.876. The molecule has 0 atom stereocenters. The maximum Gasteiger partial charge on any atom is 0.317 e. The van der Waals surface area contributed by atoms with Gasteiger partial charge in [0, 0.05) is 13.6 Å². The number of carbonyl (C=O) groups is 2. The number of nitrogens with one attached hydrogen (secondary N) is 1. The van der Waals surface area contributed by atoms with E-state index >= 15 is 0 Å². The molecule has 1 aliphatic carbocycles. The molecule has 21 heavy (non-hydrogen) atoms. The first-order valence-electron chi connectivity index (χ1n) is 6.90. The monoisotopic (exact) mass is 294 g/mol. The van der Waals surface area contributed by atoms with Crippen molar-refractivity contribution in [1.82, 2.24) is 10.2 Å². The average Bonchev–Trinajstić information content (AvgIpc) is 2.35. The number of carboxylic acids is 1. The van der Waals surface area contributed by atoms with Crippen LogP contribution in [0.2, 0.25) is 0 Å². The third-order valence-electron chi connectivity index (χ3n) is 3.83. The molecule has 1 aliphatic rings. The van der Waals surface area contributed by atoms with Gasteiger partial charge in [-0.1, -0.05) is 12.1 Å². The van der Waals surface area contributed by atoms with Crippen LogP contribution < -0.4 is 5.32 Å². The first kappa shape index (κ1) is 15.3. The van der Waals surface area contributed by atoms with Crippen molar-refractivity contribution in [3.8, 4) is 0 Å². The number of hydrogen-bond donors (Lipinski definition) is 2. The third-order valence-corrected chi connectivity index (χ3v) is 3.83. The van der Waals surface area contributed by atoms with Crippen molar-refractivity contribution in [2.45, 2.75) is 37.8 Å². The van der Waals surface area contributed by atoms with Crippen LogP contribution in [0.4, 0.5) is 9.18 Å². The molecule has 0 bridgehead atoms. The number of halogens is 1. The highest BCUT2D eigenvalue weighted by molar-refractivity contribution is 5.77. The number of hydrogen-bond acceptors (Lipinski definition) is 2. The maximum absolute atomic E-state index is 13.1. The highest BCUT2D eigenvalue weighted by atomic mass is 19.1. The van der Waals surface area contributed by atoms with E-state index in [1.807, 2.05) is 0 Å². The molecule has 1 aromatic rings. The Labute approximate surface area is 122 Å². The fourth-order valence-electron chi connectivity index (χ4n) is 2.54. The second kappa shape index (κ2) is 6.11. The van der Waals surface area contributed by atoms with E-state index in [2.05, 4.69) is 5.32 Å². The van der Waals surface area contributed by atoms with Gasteiger partial charge < -0.3 is 15.3 Å². The van der Waals surface area contributed by atoms with Crippen molar-refractivity contribution in [2.75, 3.05) is 7.05 Å². The van der Waals surface area contributed by atoms with Gasteiger partial charge in [0.2, 0.25) is 0 Å². The lowest BCUT2D eigenvalue weighted by Crippen LogP contribution is -2.57. The Bertz CT molecular complexity index is 543. The fraction of sp³-hybridized carbons (Fsp3) is 0.467. The molecule has 0 heterocycles. The molecule has 0 aliphatic heterocycles. The van der Waals surface area contributed by atoms with E-state index in [1.165, 1.54) is 17.0 Å². The molecule has 0 aromatic heterocycles. The smallest absolute Gasteiger partial charge is 0.317 e. The van der Waals surface area contributed by atoms with Gasteiger partial charge in [0.05, 0.1) is 12.0 Å². The lowest BCUT2D eigenvalue weighted by molar-refractivity contribution is -0.139. The minimum Gasteiger partial charge on any atom is -0.481 e. The SMILES string of the molecule is CN(Cc1cccc(F)c1)C(=O)NC1(CC(=O)O)CCC1. The summed E-state index contributed by atoms with van der Waals surface area (Å²) < 4.78 is 13.1. The average molecular weight is 294 g/mol. The van der Waals surface area contributed by atoms with Gasteiger partial charge in [0.1, 0.15) is 5.82 Å². The van der Waals surface area contributed by atoms with Crippen LogP contribution in [-0.4, -0.2) is 34.6 Å². The summed E-state index contributed by atoms with van der Waals surface area (Å²) in [5.41, 5.74) is 0.0626. The van der Waals surface area contributed by atoms with Crippen LogP contribution in [0.15, 0.2) is 24.3 Å². The van der Waals surface area contributed by atoms with Gasteiger partial charge in [0.15, 0.2) is 0 Å². The summed E-state index contributed by atoms with van der Waals surface area (Å²) in [6.45, 7) is 0.271. The summed E-state index contributed by atoms with van der Waals surface area (Å²) >= 11 is 0. The van der Waals surface area contributed by atoms with Gasteiger partial charge in [-0.15, -0.1) is 0 Å². The highest BCUT2D eigenvalue weighted by Crippen LogP contribution is 2.35. The first-order chi connectivity index (χ1) is 9.90. The molecule has 0 saturated heterocycles. The lowest BCUT2D eigenvalue weighted by Gasteiger charge is -2.42. The Kier molecular flexibility index (Phi) is 4.45. The molecule has 2 N–H and O–H groups in total. The summed E-state index contributed by atoms with van der Waals surface area (Å²) in [7, 11) is 1.60. The van der Waals surface area contributed by atoms with Crippen LogP contribution in [0.3, 0.4) is 0 Å². The van der Waals surface area contributed by atoms with Gasteiger partial charge in [-0.25, -0.2) is 9.18 Å². The maximum atomic E-state index is 13.1. The molecule has 0 radical (unpaired) electrons. The minimum absolute atomic E-state index is 0.0630. The second-order valence-corrected chi connectivity index (χ2v) is 5.62. The zero-order valence-corrected chi connectivity index (χ0v) is 11.9. The molecule has 1 aromatic carbocycles. The molecular weight excluding hydrogens is 275 g/mol. The molecular formula is C15H19FN2O3. The van der Waals surface area contributed by atoms with Crippen molar-refractivity contribution in [1.29, 1.82) is 0 Å². The molecule has 1 saturated carbocycles. The number of amides is 2. The van der Waals surface area contributed by atoms with Gasteiger partial charge >= 0.3 is 12.0 Å². The zero-order valence-electron chi connectivity index (χ0n) is 11.9. The van der Waals surface area contributed by atoms with Crippen LogP contribution in [-0.2, 0) is 11.3 Å². The Morgan fingerprint density at radius 1 is 1.43 bits per heavy atom. The number of aliphatic carboxylic acids is 1. The molecule has 0 unspecified atom stereocenters. The molecule has 0 spiro atoms. The molecule has 1 fully saturated rings. The largest absolute Gasteiger partial charge is 0.481 e. The number of nitrogens with zero attached hydrogens (tertiary/aromatic N) is 1. The molecule has 6 heteroatoms. The summed E-state index contributed by atoms with van der Waals surface area (Å²) in [6, 6.07) is 5.72. The van der Waals surface area contributed by atoms with Crippen molar-refractivity contribution >= 4 is 12.0 Å². The third kappa shape index (κ3) is 3.93. The number of urea groups is 1. The molecule has 2 rings (SSSR count). The Hall–Kier alpha value is -2.11. The van der Waals surface area contributed by atoms with Gasteiger partial charge in [-0.3, -0.25) is 4.79 Å². The fourth-order valence-corrected chi connectivity index (χ4v) is 2.54. The highest BCUT2D eigenvalue weighted by Gasteiger charge is 2.40. The van der Waals surface area contributed by atoms with Crippen LogP contribution in [0, 0.1) is 5.82 Å². The molecule has 114 valence electrons. The summed E-state index contributed by atoms with van der Waals surface area (Å²) in [5.74, 6) is -1.26. The number of rotatable bonds is 5. The van der Waals surface area contributed by atoms with Gasteiger partial charge in [-0.2, -0.15) is 0 Å². The topological polar surface area (TPSA) is 69.6 Å². The molecule has 5 nitrogen and oxygen atoms in total. The zero-order chi connectivity index (χ0) is 15.5. The predicted molar refractivity (Wildman–Crippen MR) is 75.2 cm³/mol. The van der Waals surface area contributed by atoms with Crippen molar-refractivity contribution in [3.63, 3.8) is 0 Å². The van der Waals surface area contributed by atoms with Gasteiger partial charge in [0.25, 0.3) is 0 Å². The second-order valence-electron chi connectivity index (χ2n) is 5.62. The number of benzene rings is 1. The predicted octanol–water partition coefficient (Wildman–Crippen LogP) is 2.36. The van der Waals surface area contributed by atoms with E-state index in [1.54, 1.807) is 19.2 Å². The normalized spacial score (nSPS) is 15.9. The first-order valence-corrected chi connectivity index (χ1v) is 6.90. The van der Waals surface area contributed by atoms with Crippen LogP contribution >= 0.6 is 0 Å². The van der Waals surface area contributed by atoms with Gasteiger partial charge in [-0.05, 0) is 37.0 Å². The standard InChI is InChI=1S/C15H19FN2O3/c1-18(10-11-4-2-5-12(16)8-11)14(21)17-15(6-3-7-15)9-13(19)20/h2,4-5,8H,3,6-7,9-10H2,1H3,(H,17,21)(H,19,20). The van der Waals surface area contributed by atoms with E-state index in [-0.39, 0.29) is 24.8 Å². The van der Waals surface area contributed by atoms with E-state index in [0.717, 1.165) is 6.42 Å². The van der Waals surface area contributed by atoms with E-state index in [0.29, 0.717) is 18.4 Å². The van der Waals surface area contributed by atoms with E-state index in [9.17, 15) is 14.0 Å². The van der Waals surface area contributed by atoms with Crippen molar-refractivity contribution < 1.29 is 19.1 Å².